The summed E-state index contributed by atoms with van der Waals surface area (Å²) in [5.41, 5.74) is 0. The lowest BCUT2D eigenvalue weighted by atomic mass is 9.96. The Morgan fingerprint density at radius 1 is 1.36 bits per heavy atom. The molecule has 0 aromatic carbocycles. The maximum Gasteiger partial charge on any atom is -0.00187 e. The maximum atomic E-state index is 3.48. The minimum absolute atomic E-state index is 0.938. The lowest BCUT2D eigenvalue weighted by Crippen LogP contribution is -2.32. The van der Waals surface area contributed by atoms with Crippen LogP contribution in [-0.2, 0) is 0 Å². The van der Waals surface area contributed by atoms with Crippen LogP contribution in [0, 0.1) is 5.92 Å². The standard InChI is InChI=1S/C12H26N2/c1-3-4-9-14(2)10-7-12-6-5-8-13-11-12/h12-13H,3-11H2,1-2H3. The zero-order chi connectivity index (χ0) is 10.2. The lowest BCUT2D eigenvalue weighted by Gasteiger charge is -2.25. The molecule has 0 spiro atoms. The SMILES string of the molecule is CCCCN(C)CCC1CCCNC1. The van der Waals surface area contributed by atoms with E-state index in [9.17, 15) is 0 Å². The Balaban J connectivity index is 2.00. The number of nitrogens with zero attached hydrogens (tertiary/aromatic N) is 1. The number of hydrogen-bond acceptors (Lipinski definition) is 2. The molecular formula is C12H26N2. The van der Waals surface area contributed by atoms with Crippen LogP contribution in [0.2, 0.25) is 0 Å². The van der Waals surface area contributed by atoms with Crippen molar-refractivity contribution in [3.8, 4) is 0 Å². The van der Waals surface area contributed by atoms with E-state index in [0.717, 1.165) is 5.92 Å². The molecule has 0 amide bonds. The van der Waals surface area contributed by atoms with Gasteiger partial charge in [0.1, 0.15) is 0 Å². The molecule has 1 N–H and O–H groups in total. The fourth-order valence-electron chi connectivity index (χ4n) is 2.11. The molecule has 0 aromatic rings. The van der Waals surface area contributed by atoms with E-state index in [1.807, 2.05) is 0 Å². The third kappa shape index (κ3) is 4.97. The average molecular weight is 198 g/mol. The van der Waals surface area contributed by atoms with Gasteiger partial charge in [-0.25, -0.2) is 0 Å². The molecule has 2 nitrogen and oxygen atoms in total. The molecule has 84 valence electrons. The van der Waals surface area contributed by atoms with E-state index >= 15 is 0 Å². The summed E-state index contributed by atoms with van der Waals surface area (Å²) in [7, 11) is 2.26. The molecule has 1 heterocycles. The third-order valence-electron chi connectivity index (χ3n) is 3.21. The van der Waals surface area contributed by atoms with Gasteiger partial charge in [-0.15, -0.1) is 0 Å². The highest BCUT2D eigenvalue weighted by Gasteiger charge is 2.12. The van der Waals surface area contributed by atoms with E-state index in [2.05, 4.69) is 24.2 Å². The minimum atomic E-state index is 0.938. The van der Waals surface area contributed by atoms with E-state index in [0.29, 0.717) is 0 Å². The van der Waals surface area contributed by atoms with E-state index in [4.69, 9.17) is 0 Å². The summed E-state index contributed by atoms with van der Waals surface area (Å²) in [5, 5.41) is 3.48. The molecule has 1 fully saturated rings. The highest BCUT2D eigenvalue weighted by Crippen LogP contribution is 2.14. The van der Waals surface area contributed by atoms with Crippen LogP contribution in [0.1, 0.15) is 39.0 Å². The Morgan fingerprint density at radius 2 is 2.21 bits per heavy atom. The van der Waals surface area contributed by atoms with Crippen molar-refractivity contribution in [2.45, 2.75) is 39.0 Å². The van der Waals surface area contributed by atoms with Crippen molar-refractivity contribution in [3.05, 3.63) is 0 Å². The molecule has 1 aliphatic heterocycles. The van der Waals surface area contributed by atoms with Crippen molar-refractivity contribution in [3.63, 3.8) is 0 Å². The monoisotopic (exact) mass is 198 g/mol. The summed E-state index contributed by atoms with van der Waals surface area (Å²) in [6.07, 6.45) is 6.86. The summed E-state index contributed by atoms with van der Waals surface area (Å²) in [4.78, 5) is 2.48. The van der Waals surface area contributed by atoms with Gasteiger partial charge in [0.15, 0.2) is 0 Å². The number of rotatable bonds is 6. The van der Waals surface area contributed by atoms with Crippen molar-refractivity contribution in [2.75, 3.05) is 33.2 Å². The summed E-state index contributed by atoms with van der Waals surface area (Å²) in [5.74, 6) is 0.938. The molecule has 0 aliphatic carbocycles. The van der Waals surface area contributed by atoms with Gasteiger partial charge in [-0.2, -0.15) is 0 Å². The summed E-state index contributed by atoms with van der Waals surface area (Å²) in [6, 6.07) is 0. The normalized spacial score (nSPS) is 22.9. The average Bonchev–Trinajstić information content (AvgIpc) is 2.25. The Labute approximate surface area is 89.1 Å². The first-order valence-electron chi connectivity index (χ1n) is 6.22. The molecule has 1 atom stereocenters. The Morgan fingerprint density at radius 3 is 2.86 bits per heavy atom. The van der Waals surface area contributed by atoms with Gasteiger partial charge in [-0.3, -0.25) is 0 Å². The Hall–Kier alpha value is -0.0800. The van der Waals surface area contributed by atoms with Gasteiger partial charge in [0, 0.05) is 0 Å². The molecule has 2 heteroatoms. The van der Waals surface area contributed by atoms with Crippen molar-refractivity contribution in [1.82, 2.24) is 10.2 Å². The van der Waals surface area contributed by atoms with Crippen LogP contribution >= 0.6 is 0 Å². The van der Waals surface area contributed by atoms with Crippen LogP contribution in [0.25, 0.3) is 0 Å². The smallest absolute Gasteiger partial charge is 0.00187 e. The molecule has 0 saturated carbocycles. The van der Waals surface area contributed by atoms with Gasteiger partial charge in [0.25, 0.3) is 0 Å². The molecule has 14 heavy (non-hydrogen) atoms. The summed E-state index contributed by atoms with van der Waals surface area (Å²) in [6.45, 7) is 7.31. The molecule has 1 saturated heterocycles. The second kappa shape index (κ2) is 7.24. The quantitative estimate of drug-likeness (QED) is 0.703. The number of hydrogen-bond donors (Lipinski definition) is 1. The zero-order valence-corrected chi connectivity index (χ0v) is 9.89. The molecule has 0 aromatic heterocycles. The van der Waals surface area contributed by atoms with Crippen LogP contribution in [-0.4, -0.2) is 38.1 Å². The van der Waals surface area contributed by atoms with E-state index < -0.39 is 0 Å². The topological polar surface area (TPSA) is 15.3 Å². The van der Waals surface area contributed by atoms with E-state index in [1.165, 1.54) is 58.3 Å². The van der Waals surface area contributed by atoms with Gasteiger partial charge < -0.3 is 10.2 Å². The van der Waals surface area contributed by atoms with Gasteiger partial charge in [0.05, 0.1) is 0 Å². The molecule has 0 radical (unpaired) electrons. The number of piperidine rings is 1. The zero-order valence-electron chi connectivity index (χ0n) is 9.89. The van der Waals surface area contributed by atoms with Crippen LogP contribution < -0.4 is 5.32 Å². The number of nitrogens with one attached hydrogen (secondary N) is 1. The third-order valence-corrected chi connectivity index (χ3v) is 3.21. The van der Waals surface area contributed by atoms with Crippen LogP contribution in [0.3, 0.4) is 0 Å². The van der Waals surface area contributed by atoms with E-state index in [1.54, 1.807) is 0 Å². The van der Waals surface area contributed by atoms with Gasteiger partial charge in [-0.05, 0) is 64.8 Å². The van der Waals surface area contributed by atoms with Crippen LogP contribution in [0.4, 0.5) is 0 Å². The first kappa shape index (κ1) is 12.0. The molecule has 1 unspecified atom stereocenters. The highest BCUT2D eigenvalue weighted by atomic mass is 15.1. The maximum absolute atomic E-state index is 3.48. The van der Waals surface area contributed by atoms with Crippen LogP contribution in [0.15, 0.2) is 0 Å². The largest absolute Gasteiger partial charge is 0.316 e. The second-order valence-corrected chi connectivity index (χ2v) is 4.66. The Bertz CT molecular complexity index is 130. The first-order valence-corrected chi connectivity index (χ1v) is 6.22. The molecule has 1 aliphatic rings. The van der Waals surface area contributed by atoms with E-state index in [-0.39, 0.29) is 0 Å². The predicted octanol–water partition coefficient (Wildman–Crippen LogP) is 2.11. The van der Waals surface area contributed by atoms with Gasteiger partial charge >= 0.3 is 0 Å². The highest BCUT2D eigenvalue weighted by molar-refractivity contribution is 4.70. The molecular weight excluding hydrogens is 172 g/mol. The van der Waals surface area contributed by atoms with Crippen molar-refractivity contribution < 1.29 is 0 Å². The lowest BCUT2D eigenvalue weighted by molar-refractivity contribution is 0.271. The van der Waals surface area contributed by atoms with Gasteiger partial charge in [-0.1, -0.05) is 13.3 Å². The van der Waals surface area contributed by atoms with Crippen molar-refractivity contribution in [2.24, 2.45) is 5.92 Å². The minimum Gasteiger partial charge on any atom is -0.316 e. The molecule has 1 rings (SSSR count). The summed E-state index contributed by atoms with van der Waals surface area (Å²) < 4.78 is 0. The molecule has 0 bridgehead atoms. The fraction of sp³-hybridized carbons (Fsp3) is 1.00. The summed E-state index contributed by atoms with van der Waals surface area (Å²) >= 11 is 0. The second-order valence-electron chi connectivity index (χ2n) is 4.66. The van der Waals surface area contributed by atoms with Crippen molar-refractivity contribution >= 4 is 0 Å². The predicted molar refractivity (Wildman–Crippen MR) is 62.6 cm³/mol. The van der Waals surface area contributed by atoms with Crippen LogP contribution in [0.5, 0.6) is 0 Å². The van der Waals surface area contributed by atoms with Gasteiger partial charge in [0.2, 0.25) is 0 Å². The fourth-order valence-corrected chi connectivity index (χ4v) is 2.11. The number of unbranched alkanes of at least 4 members (excludes halogenated alkanes) is 1. The van der Waals surface area contributed by atoms with Crippen molar-refractivity contribution in [1.29, 1.82) is 0 Å². The Kier molecular flexibility index (Phi) is 6.20. The first-order chi connectivity index (χ1) is 6.83.